The summed E-state index contributed by atoms with van der Waals surface area (Å²) in [5.74, 6) is -0.550. The van der Waals surface area contributed by atoms with Gasteiger partial charge in [-0.05, 0) is 18.9 Å². The molecule has 0 atom stereocenters. The molecule has 1 aliphatic rings. The molecule has 0 spiro atoms. The number of hydrogen-bond acceptors (Lipinski definition) is 4. The maximum absolute atomic E-state index is 13.1. The number of methoxy groups -OCH3 is 1. The van der Waals surface area contributed by atoms with Gasteiger partial charge in [-0.25, -0.2) is 0 Å². The van der Waals surface area contributed by atoms with Crippen molar-refractivity contribution in [3.8, 4) is 0 Å². The van der Waals surface area contributed by atoms with Crippen LogP contribution in [0.15, 0.2) is 60.7 Å². The largest absolute Gasteiger partial charge is 0.429 e. The highest BCUT2D eigenvalue weighted by Gasteiger charge is 2.46. The Morgan fingerprint density at radius 1 is 1.00 bits per heavy atom. The molecule has 0 radical (unpaired) electrons. The Morgan fingerprint density at radius 2 is 1.55 bits per heavy atom. The summed E-state index contributed by atoms with van der Waals surface area (Å²) >= 11 is 0. The normalized spacial score (nSPS) is 16.3. The van der Waals surface area contributed by atoms with Gasteiger partial charge in [0.25, 0.3) is 0 Å². The zero-order valence-corrected chi connectivity index (χ0v) is 21.8. The van der Waals surface area contributed by atoms with E-state index >= 15 is 0 Å². The van der Waals surface area contributed by atoms with Crippen LogP contribution in [-0.2, 0) is 9.16 Å². The highest BCUT2D eigenvalue weighted by Crippen LogP contribution is 2.28. The van der Waals surface area contributed by atoms with Crippen molar-refractivity contribution >= 4 is 38.4 Å². The van der Waals surface area contributed by atoms with E-state index in [4.69, 9.17) is 9.16 Å². The van der Waals surface area contributed by atoms with Gasteiger partial charge in [0, 0.05) is 42.4 Å². The number of hydrogen-bond donors (Lipinski definition) is 0. The molecule has 2 aromatic carbocycles. The first-order valence-electron chi connectivity index (χ1n) is 10.5. The molecule has 3 rings (SSSR count). The van der Waals surface area contributed by atoms with E-state index < -0.39 is 5.60 Å². The van der Waals surface area contributed by atoms with Gasteiger partial charge in [-0.3, -0.25) is 9.59 Å². The monoisotopic (exact) mass is 444 g/mol. The lowest BCUT2D eigenvalue weighted by Gasteiger charge is -2.29. The molecule has 1 aliphatic heterocycles. The first-order chi connectivity index (χ1) is 14.2. The minimum absolute atomic E-state index is 0.209. The third-order valence-corrected chi connectivity index (χ3v) is 19.1. The average molecular weight is 445 g/mol. The summed E-state index contributed by atoms with van der Waals surface area (Å²) in [4.78, 5) is 26.1. The molecule has 0 N–H and O–H groups in total. The van der Waals surface area contributed by atoms with Crippen molar-refractivity contribution in [3.63, 3.8) is 0 Å². The molecule has 0 aromatic heterocycles. The van der Waals surface area contributed by atoms with Crippen LogP contribution < -0.4 is 0 Å². The summed E-state index contributed by atoms with van der Waals surface area (Å²) in [6.07, 6.45) is 2.00. The average Bonchev–Trinajstić information content (AvgIpc) is 2.82. The fourth-order valence-corrected chi connectivity index (χ4v) is 15.7. The molecule has 7 heteroatoms. The van der Waals surface area contributed by atoms with E-state index in [-0.39, 0.29) is 20.8 Å². The van der Waals surface area contributed by atoms with E-state index in [0.29, 0.717) is 35.1 Å². The quantitative estimate of drug-likeness (QED) is 0.355. The molecule has 2 aromatic rings. The number of unbranched alkanes of at least 4 members (excludes halogenated alkanes) is 1. The van der Waals surface area contributed by atoms with E-state index in [0.717, 1.165) is 19.4 Å². The van der Waals surface area contributed by atoms with E-state index in [9.17, 15) is 9.59 Å². The summed E-state index contributed by atoms with van der Waals surface area (Å²) < 4.78 is 10.9. The Kier molecular flexibility index (Phi) is 10.4. The first kappa shape index (κ1) is 23.6. The van der Waals surface area contributed by atoms with Crippen LogP contribution >= 0.6 is 0 Å². The Labute approximate surface area is 180 Å². The summed E-state index contributed by atoms with van der Waals surface area (Å²) in [5.41, 5.74) is -0.469. The molecule has 1 heterocycles. The van der Waals surface area contributed by atoms with Crippen LogP contribution in [-0.4, -0.2) is 57.8 Å². The second-order valence-electron chi connectivity index (χ2n) is 7.20. The lowest BCUT2D eigenvalue weighted by Crippen LogP contribution is -2.48. The predicted molar refractivity (Wildman–Crippen MR) is 127 cm³/mol. The lowest BCUT2D eigenvalue weighted by atomic mass is 9.81. The zero-order chi connectivity index (χ0) is 21.0. The molecule has 0 amide bonds. The third-order valence-electron chi connectivity index (χ3n) is 5.11. The number of carbonyl (C=O) groups excluding carboxylic acids is 2. The summed E-state index contributed by atoms with van der Waals surface area (Å²) in [6.45, 7) is 3.19. The topological polar surface area (TPSA) is 52.6 Å². The van der Waals surface area contributed by atoms with E-state index in [1.807, 2.05) is 19.1 Å². The van der Waals surface area contributed by atoms with Crippen LogP contribution in [0.4, 0.5) is 0 Å². The van der Waals surface area contributed by atoms with Crippen molar-refractivity contribution in [2.75, 3.05) is 13.7 Å². The highest BCUT2D eigenvalue weighted by molar-refractivity contribution is 7.28. The molecule has 0 bridgehead atoms. The molecular formula is C22H32O4Si3. The molecule has 1 saturated heterocycles. The minimum Gasteiger partial charge on any atom is -0.429 e. The van der Waals surface area contributed by atoms with Gasteiger partial charge >= 0.3 is 0 Å². The molecule has 0 saturated carbocycles. The van der Waals surface area contributed by atoms with Crippen LogP contribution in [0.3, 0.4) is 0 Å². The molecule has 0 aliphatic carbocycles. The van der Waals surface area contributed by atoms with Crippen LogP contribution in [0.25, 0.3) is 0 Å². The lowest BCUT2D eigenvalue weighted by molar-refractivity contribution is 0.00383. The minimum atomic E-state index is -1.46. The van der Waals surface area contributed by atoms with E-state index in [1.54, 1.807) is 48.5 Å². The molecule has 156 valence electrons. The third kappa shape index (κ3) is 6.68. The first-order valence-corrected chi connectivity index (χ1v) is 20.1. The van der Waals surface area contributed by atoms with Crippen molar-refractivity contribution in [2.24, 2.45) is 0 Å². The van der Waals surface area contributed by atoms with Gasteiger partial charge < -0.3 is 9.16 Å². The Bertz CT molecular complexity index is 686. The zero-order valence-electron chi connectivity index (χ0n) is 17.6. The van der Waals surface area contributed by atoms with Gasteiger partial charge in [0.1, 0.15) is 9.28 Å². The fourth-order valence-electron chi connectivity index (χ4n) is 3.38. The Hall–Kier alpha value is -1.65. The van der Waals surface area contributed by atoms with Gasteiger partial charge in [-0.2, -0.15) is 0 Å². The van der Waals surface area contributed by atoms with Crippen molar-refractivity contribution in [3.05, 3.63) is 71.8 Å². The van der Waals surface area contributed by atoms with Crippen LogP contribution in [0.5, 0.6) is 0 Å². The molecule has 1 fully saturated rings. The number of Topliss-reactive ketones (excluding diaryl/α,β-unsaturated/α-hetero) is 2. The van der Waals surface area contributed by atoms with Crippen molar-refractivity contribution in [2.45, 2.75) is 37.8 Å². The van der Waals surface area contributed by atoms with Gasteiger partial charge in [-0.15, -0.1) is 0 Å². The van der Waals surface area contributed by atoms with Crippen LogP contribution in [0.1, 0.15) is 46.9 Å². The fraction of sp³-hybridized carbons (Fsp3) is 0.364. The maximum atomic E-state index is 13.1. The Morgan fingerprint density at radius 3 is 1.86 bits per heavy atom. The van der Waals surface area contributed by atoms with Crippen molar-refractivity contribution < 1.29 is 18.8 Å². The molecule has 0 unspecified atom stereocenters. The van der Waals surface area contributed by atoms with E-state index in [2.05, 4.69) is 0 Å². The van der Waals surface area contributed by atoms with Gasteiger partial charge in [-0.1, -0.05) is 74.0 Å². The van der Waals surface area contributed by atoms with Gasteiger partial charge in [0.05, 0.1) is 0 Å². The van der Waals surface area contributed by atoms with Crippen LogP contribution in [0.2, 0.25) is 6.04 Å². The second kappa shape index (κ2) is 12.8. The van der Waals surface area contributed by atoms with Gasteiger partial charge in [0.15, 0.2) is 5.60 Å². The second-order valence-corrected chi connectivity index (χ2v) is 22.0. The number of rotatable bonds is 8. The predicted octanol–water partition coefficient (Wildman–Crippen LogP) is 2.01. The summed E-state index contributed by atoms with van der Waals surface area (Å²) in [6, 6.07) is 19.3. The molecular weight excluding hydrogens is 412 g/mol. The number of ether oxygens (including phenoxy) is 1. The van der Waals surface area contributed by atoms with Crippen LogP contribution in [0, 0.1) is 0 Å². The van der Waals surface area contributed by atoms with E-state index in [1.165, 1.54) is 13.2 Å². The maximum Gasteiger partial charge on any atom is 0.202 e. The standard InChI is InChI=1S/C20H22O3.C2H10OSi3/c1-3-4-15-20(23-2,18(21)16-11-7-5-8-12-16)19(22)17-13-9-6-10-14-17;1-2-4-6-5-3-1/h5-14H,3-4,15H2,1-2H3;1-2,4-6H2. The highest BCUT2D eigenvalue weighted by atomic mass is 29.5. The van der Waals surface area contributed by atoms with Crippen molar-refractivity contribution in [1.82, 2.24) is 0 Å². The number of ketones is 2. The van der Waals surface area contributed by atoms with Crippen molar-refractivity contribution in [1.29, 1.82) is 0 Å². The SMILES string of the molecule is C1C[SiH2][SiH2][SiH2]O1.CCCCC(OC)(C(=O)c1ccccc1)C(=O)c1ccccc1. The summed E-state index contributed by atoms with van der Waals surface area (Å²) in [5, 5.41) is 0. The smallest absolute Gasteiger partial charge is 0.202 e. The summed E-state index contributed by atoms with van der Waals surface area (Å²) in [7, 11) is 2.80. The Balaban J connectivity index is 0.000000426. The number of benzene rings is 2. The molecule has 4 nitrogen and oxygen atoms in total. The molecule has 29 heavy (non-hydrogen) atoms. The number of carbonyl (C=O) groups is 2. The van der Waals surface area contributed by atoms with Gasteiger partial charge in [0.2, 0.25) is 11.6 Å².